The monoisotopic (exact) mass is 618 g/mol. The van der Waals surface area contributed by atoms with E-state index in [9.17, 15) is 31.8 Å². The zero-order valence-corrected chi connectivity index (χ0v) is 24.5. The Balaban J connectivity index is 1.23. The number of benzene rings is 2. The van der Waals surface area contributed by atoms with Gasteiger partial charge in [-0.15, -0.1) is 0 Å². The van der Waals surface area contributed by atoms with Crippen LogP contribution in [-0.2, 0) is 20.0 Å². The molecule has 1 fully saturated rings. The molecule has 15 heteroatoms. The number of nitrogens with zero attached hydrogens (tertiary/aromatic N) is 2. The molecule has 42 heavy (non-hydrogen) atoms. The number of aromatic nitrogens is 1. The van der Waals surface area contributed by atoms with Gasteiger partial charge in [0.25, 0.3) is 0 Å². The highest BCUT2D eigenvalue weighted by molar-refractivity contribution is 7.92. The molecule has 0 radical (unpaired) electrons. The fraction of sp³-hybridized carbons (Fsp3) is 0.333. The van der Waals surface area contributed by atoms with Gasteiger partial charge in [-0.3, -0.25) is 10.0 Å². The molecule has 1 aromatic heterocycles. The lowest BCUT2D eigenvalue weighted by molar-refractivity contribution is 0.169. The third kappa shape index (κ3) is 8.62. The minimum Gasteiger partial charge on any atom is -0.506 e. The molecule has 1 atom stereocenters. The molecule has 0 aliphatic carbocycles. The van der Waals surface area contributed by atoms with Crippen molar-refractivity contribution >= 4 is 43.3 Å². The zero-order valence-electron chi connectivity index (χ0n) is 22.9. The predicted octanol–water partition coefficient (Wildman–Crippen LogP) is 2.53. The number of carbonyl (C=O) groups is 1. The van der Waals surface area contributed by atoms with Crippen molar-refractivity contribution in [1.29, 1.82) is 0 Å². The Bertz CT molecular complexity index is 1580. The van der Waals surface area contributed by atoms with E-state index in [0.717, 1.165) is 6.26 Å². The number of pyridine rings is 1. The van der Waals surface area contributed by atoms with E-state index in [1.807, 2.05) is 0 Å². The number of nitrogens with one attached hydrogen (secondary N) is 4. The van der Waals surface area contributed by atoms with E-state index in [1.54, 1.807) is 24.4 Å². The minimum absolute atomic E-state index is 0.0142. The Hall–Kier alpha value is -3.76. The lowest BCUT2D eigenvalue weighted by atomic mass is 9.98. The summed E-state index contributed by atoms with van der Waals surface area (Å²) in [5.74, 6) is 0.345. The van der Waals surface area contributed by atoms with E-state index in [2.05, 4.69) is 25.7 Å². The molecule has 13 nitrogen and oxygen atoms in total. The molecule has 0 saturated carbocycles. The molecule has 4 rings (SSSR count). The van der Waals surface area contributed by atoms with Crippen molar-refractivity contribution < 1.29 is 31.8 Å². The number of hydrogen-bond donors (Lipinski definition) is 6. The number of anilines is 3. The van der Waals surface area contributed by atoms with E-state index in [1.165, 1.54) is 46.8 Å². The molecule has 2 amide bonds. The van der Waals surface area contributed by atoms with Crippen molar-refractivity contribution in [3.05, 3.63) is 72.4 Å². The maximum atomic E-state index is 13.2. The van der Waals surface area contributed by atoms with Gasteiger partial charge in [-0.25, -0.2) is 26.6 Å². The molecule has 6 N–H and O–H groups in total. The summed E-state index contributed by atoms with van der Waals surface area (Å²) in [6.45, 7) is 1.46. The number of amides is 2. The topological polar surface area (TPSA) is 190 Å². The smallest absolute Gasteiger partial charge is 0.324 e. The predicted molar refractivity (Wildman–Crippen MR) is 159 cm³/mol. The fourth-order valence-corrected chi connectivity index (χ4v) is 6.55. The molecular weight excluding hydrogens is 584 g/mol. The van der Waals surface area contributed by atoms with Gasteiger partial charge in [0.2, 0.25) is 20.0 Å². The van der Waals surface area contributed by atoms with Crippen LogP contribution in [0.4, 0.5) is 22.0 Å². The van der Waals surface area contributed by atoms with Crippen molar-refractivity contribution in [3.63, 3.8) is 0 Å². The van der Waals surface area contributed by atoms with Gasteiger partial charge in [0, 0.05) is 31.5 Å². The molecule has 1 aliphatic rings. The van der Waals surface area contributed by atoms with Crippen LogP contribution in [0.5, 0.6) is 5.75 Å². The van der Waals surface area contributed by atoms with Gasteiger partial charge in [-0.1, -0.05) is 12.1 Å². The van der Waals surface area contributed by atoms with E-state index >= 15 is 0 Å². The average Bonchev–Trinajstić information content (AvgIpc) is 2.94. The van der Waals surface area contributed by atoms with Crippen LogP contribution in [0, 0.1) is 5.92 Å². The van der Waals surface area contributed by atoms with Crippen LogP contribution in [0.2, 0.25) is 0 Å². The summed E-state index contributed by atoms with van der Waals surface area (Å²) in [5.41, 5.74) is 0.853. The Labute approximate surface area is 245 Å². The second-order valence-electron chi connectivity index (χ2n) is 9.99. The summed E-state index contributed by atoms with van der Waals surface area (Å²) < 4.78 is 53.0. The van der Waals surface area contributed by atoms with Crippen molar-refractivity contribution in [2.45, 2.75) is 23.8 Å². The van der Waals surface area contributed by atoms with E-state index in [0.29, 0.717) is 49.5 Å². The summed E-state index contributed by atoms with van der Waals surface area (Å²) in [6.07, 6.45) is 2.85. The van der Waals surface area contributed by atoms with Gasteiger partial charge in [0.1, 0.15) is 11.6 Å². The van der Waals surface area contributed by atoms with E-state index < -0.39 is 32.2 Å². The number of aliphatic hydroxyl groups excluding tert-OH is 1. The molecule has 3 aromatic rings. The van der Waals surface area contributed by atoms with Crippen LogP contribution in [0.25, 0.3) is 0 Å². The Morgan fingerprint density at radius 1 is 1.02 bits per heavy atom. The van der Waals surface area contributed by atoms with Gasteiger partial charge in [-0.05, 0) is 79.4 Å². The average molecular weight is 619 g/mol. The first-order valence-electron chi connectivity index (χ1n) is 13.2. The van der Waals surface area contributed by atoms with Crippen LogP contribution >= 0.6 is 0 Å². The number of piperidine rings is 1. The summed E-state index contributed by atoms with van der Waals surface area (Å²) in [5, 5.41) is 28.8. The van der Waals surface area contributed by atoms with Crippen molar-refractivity contribution in [3.8, 4) is 5.75 Å². The Morgan fingerprint density at radius 2 is 1.74 bits per heavy atom. The van der Waals surface area contributed by atoms with E-state index in [4.69, 9.17) is 0 Å². The summed E-state index contributed by atoms with van der Waals surface area (Å²) in [6, 6.07) is 14.8. The van der Waals surface area contributed by atoms with Gasteiger partial charge in [0.15, 0.2) is 0 Å². The minimum atomic E-state index is -3.70. The van der Waals surface area contributed by atoms with Crippen molar-refractivity contribution in [2.24, 2.45) is 5.92 Å². The first-order chi connectivity index (χ1) is 19.9. The number of phenolic OH excluding ortho intramolecular Hbond substituents is 1. The number of phenols is 1. The SMILES string of the molecule is CS(=O)(=O)Nc1cc([C@@H](O)CNCC2CCN(S(=O)(=O)c3ccc(NC(=O)Nc4ccccn4)cc3)CC2)ccc1O. The molecule has 1 saturated heterocycles. The molecule has 2 heterocycles. The second kappa shape index (κ2) is 13.5. The van der Waals surface area contributed by atoms with Gasteiger partial charge in [-0.2, -0.15) is 4.31 Å². The maximum absolute atomic E-state index is 13.2. The summed E-state index contributed by atoms with van der Waals surface area (Å²) in [7, 11) is -7.30. The number of urea groups is 1. The lowest BCUT2D eigenvalue weighted by Crippen LogP contribution is -2.41. The van der Waals surface area contributed by atoms with Crippen molar-refractivity contribution in [2.75, 3.05) is 47.8 Å². The first-order valence-corrected chi connectivity index (χ1v) is 16.5. The number of aromatic hydroxyl groups is 1. The fourth-order valence-electron chi connectivity index (χ4n) is 4.51. The first kappa shape index (κ1) is 31.2. The van der Waals surface area contributed by atoms with Crippen LogP contribution < -0.4 is 20.7 Å². The molecule has 2 aromatic carbocycles. The largest absolute Gasteiger partial charge is 0.506 e. The summed E-state index contributed by atoms with van der Waals surface area (Å²) >= 11 is 0. The zero-order chi connectivity index (χ0) is 30.3. The highest BCUT2D eigenvalue weighted by Gasteiger charge is 2.29. The molecule has 1 aliphatic heterocycles. The quantitative estimate of drug-likeness (QED) is 0.175. The third-order valence-corrected chi connectivity index (χ3v) is 9.20. The highest BCUT2D eigenvalue weighted by atomic mass is 32.2. The number of sulfonamides is 2. The molecular formula is C27H34N6O7S2. The second-order valence-corrected chi connectivity index (χ2v) is 13.7. The molecule has 0 spiro atoms. The van der Waals surface area contributed by atoms with Crippen LogP contribution in [0.1, 0.15) is 24.5 Å². The number of carbonyl (C=O) groups excluding carboxylic acids is 1. The Kier molecular flexibility index (Phi) is 10.0. The van der Waals surface area contributed by atoms with Gasteiger partial charge >= 0.3 is 6.03 Å². The van der Waals surface area contributed by atoms with Gasteiger partial charge < -0.3 is 20.8 Å². The number of hydrogen-bond acceptors (Lipinski definition) is 9. The van der Waals surface area contributed by atoms with Crippen LogP contribution in [-0.4, -0.2) is 74.8 Å². The summed E-state index contributed by atoms with van der Waals surface area (Å²) in [4.78, 5) is 16.3. The number of aliphatic hydroxyl groups is 1. The molecule has 0 unspecified atom stereocenters. The standard InChI is InChI=1S/C27H34N6O7S2/c1-41(37,38)32-23-16-20(5-10-24(23)34)25(35)18-28-17-19-11-14-33(15-12-19)42(39,40)22-8-6-21(7-9-22)30-27(36)31-26-4-2-3-13-29-26/h2-10,13,16,19,25,28,32,34-35H,11-12,14-15,17-18H2,1H3,(H2,29,30,31,36)/t25-/m0/s1. The molecule has 0 bridgehead atoms. The molecule has 226 valence electrons. The Morgan fingerprint density at radius 3 is 2.38 bits per heavy atom. The van der Waals surface area contributed by atoms with E-state index in [-0.39, 0.29) is 28.8 Å². The lowest BCUT2D eigenvalue weighted by Gasteiger charge is -2.31. The number of rotatable bonds is 11. The van der Waals surface area contributed by atoms with Crippen molar-refractivity contribution in [1.82, 2.24) is 14.6 Å². The highest BCUT2D eigenvalue weighted by Crippen LogP contribution is 2.28. The normalized spacial score (nSPS) is 15.6. The van der Waals surface area contributed by atoms with Gasteiger partial charge in [0.05, 0.1) is 22.9 Å². The third-order valence-electron chi connectivity index (χ3n) is 6.70. The van der Waals surface area contributed by atoms with Crippen LogP contribution in [0.15, 0.2) is 71.8 Å². The maximum Gasteiger partial charge on any atom is 0.324 e. The van der Waals surface area contributed by atoms with Crippen LogP contribution in [0.3, 0.4) is 0 Å².